The standard InChI is InChI=1S/C19H12Cl4O5S/c20-13-4-11(5-14(21)9-13)19(29(26,27)28,10-2-1-3-15(24)6-10)12-7-16(22)18(25)17(23)8-12/h1-9,24-25H,(H,26,27,28). The summed E-state index contributed by atoms with van der Waals surface area (Å²) in [6, 6.07) is 11.6. The highest BCUT2D eigenvalue weighted by Crippen LogP contribution is 2.48. The number of hydrogen-bond donors (Lipinski definition) is 3. The lowest BCUT2D eigenvalue weighted by atomic mass is 9.83. The fourth-order valence-electron chi connectivity index (χ4n) is 3.20. The van der Waals surface area contributed by atoms with Crippen molar-refractivity contribution in [3.63, 3.8) is 0 Å². The summed E-state index contributed by atoms with van der Waals surface area (Å²) in [4.78, 5) is 0. The Hall–Kier alpha value is -1.67. The van der Waals surface area contributed by atoms with Crippen LogP contribution in [0.3, 0.4) is 0 Å². The summed E-state index contributed by atoms with van der Waals surface area (Å²) >= 11 is 24.3. The quantitative estimate of drug-likeness (QED) is 0.311. The van der Waals surface area contributed by atoms with E-state index in [0.717, 1.165) is 18.2 Å². The van der Waals surface area contributed by atoms with Crippen molar-refractivity contribution in [1.82, 2.24) is 0 Å². The minimum absolute atomic E-state index is 0.0269. The normalized spacial score (nSPS) is 13.8. The van der Waals surface area contributed by atoms with Crippen molar-refractivity contribution in [3.8, 4) is 11.5 Å². The first kappa shape index (κ1) is 22.0. The third kappa shape index (κ3) is 3.89. The predicted molar refractivity (Wildman–Crippen MR) is 114 cm³/mol. The van der Waals surface area contributed by atoms with Gasteiger partial charge < -0.3 is 10.2 Å². The summed E-state index contributed by atoms with van der Waals surface area (Å²) in [5.74, 6) is -0.707. The molecule has 152 valence electrons. The van der Waals surface area contributed by atoms with Crippen molar-refractivity contribution in [2.45, 2.75) is 4.75 Å². The number of aromatic hydroxyl groups is 2. The monoisotopic (exact) mass is 492 g/mol. The maximum atomic E-state index is 12.9. The number of phenols is 2. The molecule has 3 rings (SSSR count). The number of rotatable bonds is 4. The van der Waals surface area contributed by atoms with Gasteiger partial charge in [-0.2, -0.15) is 8.42 Å². The molecule has 10 heteroatoms. The molecule has 0 aliphatic heterocycles. The van der Waals surface area contributed by atoms with E-state index in [9.17, 15) is 23.2 Å². The molecule has 0 saturated carbocycles. The lowest BCUT2D eigenvalue weighted by Gasteiger charge is -2.33. The SMILES string of the molecule is O=S(=O)(O)C(c1cccc(O)c1)(c1cc(Cl)cc(Cl)c1)c1cc(Cl)c(O)c(Cl)c1. The fourth-order valence-corrected chi connectivity index (χ4v) is 5.47. The van der Waals surface area contributed by atoms with Crippen molar-refractivity contribution in [2.75, 3.05) is 0 Å². The lowest BCUT2D eigenvalue weighted by Crippen LogP contribution is -2.38. The van der Waals surface area contributed by atoms with Crippen LogP contribution in [-0.2, 0) is 14.9 Å². The van der Waals surface area contributed by atoms with E-state index < -0.39 is 20.6 Å². The second-order valence-electron chi connectivity index (χ2n) is 6.15. The Morgan fingerprint density at radius 2 is 1.24 bits per heavy atom. The van der Waals surface area contributed by atoms with E-state index in [1.165, 1.54) is 36.4 Å². The van der Waals surface area contributed by atoms with Crippen molar-refractivity contribution in [2.24, 2.45) is 0 Å². The summed E-state index contributed by atoms with van der Waals surface area (Å²) in [6.07, 6.45) is 0. The molecule has 0 fully saturated rings. The van der Waals surface area contributed by atoms with Crippen LogP contribution in [0.1, 0.15) is 16.7 Å². The van der Waals surface area contributed by atoms with Gasteiger partial charge in [-0.15, -0.1) is 0 Å². The summed E-state index contributed by atoms with van der Waals surface area (Å²) < 4.78 is 34.0. The molecule has 5 nitrogen and oxygen atoms in total. The Kier molecular flexibility index (Phi) is 5.98. The van der Waals surface area contributed by atoms with Crippen molar-refractivity contribution in [3.05, 3.63) is 91.4 Å². The van der Waals surface area contributed by atoms with E-state index in [0.29, 0.717) is 0 Å². The Labute approximate surface area is 186 Å². The Morgan fingerprint density at radius 3 is 1.72 bits per heavy atom. The first-order valence-corrected chi connectivity index (χ1v) is 10.8. The molecule has 3 N–H and O–H groups in total. The maximum absolute atomic E-state index is 12.9. The van der Waals surface area contributed by atoms with Gasteiger partial charge in [-0.25, -0.2) is 0 Å². The lowest BCUT2D eigenvalue weighted by molar-refractivity contribution is 0.455. The molecule has 0 saturated heterocycles. The van der Waals surface area contributed by atoms with E-state index >= 15 is 0 Å². The number of hydrogen-bond acceptors (Lipinski definition) is 4. The van der Waals surface area contributed by atoms with Gasteiger partial charge in [-0.3, -0.25) is 4.55 Å². The molecule has 0 bridgehead atoms. The molecule has 0 aliphatic rings. The second-order valence-corrected chi connectivity index (χ2v) is 9.40. The molecule has 1 atom stereocenters. The van der Waals surface area contributed by atoms with E-state index in [1.807, 2.05) is 0 Å². The minimum atomic E-state index is -5.01. The van der Waals surface area contributed by atoms with Crippen molar-refractivity contribution in [1.29, 1.82) is 0 Å². The highest BCUT2D eigenvalue weighted by Gasteiger charge is 2.49. The molecular formula is C19H12Cl4O5S. The third-order valence-corrected chi connectivity index (χ3v) is 6.83. The van der Waals surface area contributed by atoms with Crippen LogP contribution in [0, 0.1) is 0 Å². The Morgan fingerprint density at radius 1 is 0.724 bits per heavy atom. The molecule has 0 amide bonds. The summed E-state index contributed by atoms with van der Waals surface area (Å²) in [7, 11) is -5.01. The van der Waals surface area contributed by atoms with Gasteiger partial charge >= 0.3 is 0 Å². The number of halogens is 4. The van der Waals surface area contributed by atoms with Crippen LogP contribution in [-0.4, -0.2) is 23.2 Å². The smallest absolute Gasteiger partial charge is 0.283 e. The molecule has 0 heterocycles. The van der Waals surface area contributed by atoms with Gasteiger partial charge in [0.1, 0.15) is 5.75 Å². The van der Waals surface area contributed by atoms with E-state index in [-0.39, 0.29) is 42.5 Å². The Balaban J connectivity index is 2.58. The van der Waals surface area contributed by atoms with Crippen LogP contribution in [0.15, 0.2) is 54.6 Å². The van der Waals surface area contributed by atoms with Gasteiger partial charge in [0.25, 0.3) is 10.1 Å². The molecule has 3 aromatic rings. The fraction of sp³-hybridized carbons (Fsp3) is 0.0526. The van der Waals surface area contributed by atoms with Crippen LogP contribution in [0.25, 0.3) is 0 Å². The van der Waals surface area contributed by atoms with E-state index in [2.05, 4.69) is 0 Å². The molecule has 1 unspecified atom stereocenters. The highest BCUT2D eigenvalue weighted by atomic mass is 35.5. The molecule has 3 aromatic carbocycles. The largest absolute Gasteiger partial charge is 0.508 e. The number of benzene rings is 3. The van der Waals surface area contributed by atoms with Gasteiger partial charge in [0.15, 0.2) is 10.5 Å². The molecule has 0 aromatic heterocycles. The zero-order valence-corrected chi connectivity index (χ0v) is 18.1. The molecule has 0 spiro atoms. The first-order valence-electron chi connectivity index (χ1n) is 7.88. The van der Waals surface area contributed by atoms with E-state index in [1.54, 1.807) is 0 Å². The predicted octanol–water partition coefficient (Wildman–Crippen LogP) is 5.89. The summed E-state index contributed by atoms with van der Waals surface area (Å²) in [5, 5.41) is 19.6. The number of phenolic OH excluding ortho intramolecular Hbond substituents is 2. The highest BCUT2D eigenvalue weighted by molar-refractivity contribution is 7.87. The summed E-state index contributed by atoms with van der Waals surface area (Å²) in [5.41, 5.74) is -0.159. The van der Waals surface area contributed by atoms with Gasteiger partial charge in [-0.05, 0) is 59.2 Å². The Bertz CT molecular complexity index is 1170. The van der Waals surface area contributed by atoms with Crippen LogP contribution in [0.4, 0.5) is 0 Å². The minimum Gasteiger partial charge on any atom is -0.508 e. The molecule has 0 aliphatic carbocycles. The first-order chi connectivity index (χ1) is 13.5. The van der Waals surface area contributed by atoms with Crippen LogP contribution in [0.5, 0.6) is 11.5 Å². The average Bonchev–Trinajstić information content (AvgIpc) is 2.58. The molecular weight excluding hydrogens is 482 g/mol. The maximum Gasteiger partial charge on any atom is 0.283 e. The topological polar surface area (TPSA) is 94.8 Å². The van der Waals surface area contributed by atoms with Crippen LogP contribution in [0.2, 0.25) is 20.1 Å². The zero-order chi connectivity index (χ0) is 21.6. The van der Waals surface area contributed by atoms with E-state index in [4.69, 9.17) is 46.4 Å². The third-order valence-electron chi connectivity index (χ3n) is 4.33. The van der Waals surface area contributed by atoms with Crippen LogP contribution >= 0.6 is 46.4 Å². The average molecular weight is 494 g/mol. The van der Waals surface area contributed by atoms with Gasteiger partial charge in [0, 0.05) is 10.0 Å². The molecule has 0 radical (unpaired) electrons. The second kappa shape index (κ2) is 7.87. The zero-order valence-electron chi connectivity index (χ0n) is 14.3. The van der Waals surface area contributed by atoms with Gasteiger partial charge in [0.2, 0.25) is 0 Å². The van der Waals surface area contributed by atoms with Crippen molar-refractivity contribution >= 4 is 56.5 Å². The van der Waals surface area contributed by atoms with Gasteiger partial charge in [0.05, 0.1) is 10.0 Å². The van der Waals surface area contributed by atoms with Crippen LogP contribution < -0.4 is 0 Å². The van der Waals surface area contributed by atoms with Crippen molar-refractivity contribution < 1.29 is 23.2 Å². The van der Waals surface area contributed by atoms with Gasteiger partial charge in [-0.1, -0.05) is 58.5 Å². The molecule has 29 heavy (non-hydrogen) atoms. The summed E-state index contributed by atoms with van der Waals surface area (Å²) in [6.45, 7) is 0.